The lowest BCUT2D eigenvalue weighted by atomic mass is 10.4. The molecule has 1 nitrogen and oxygen atoms in total. The fourth-order valence-corrected chi connectivity index (χ4v) is 0.617. The van der Waals surface area contributed by atoms with Crippen LogP contribution in [0.3, 0.4) is 0 Å². The first-order valence-corrected chi connectivity index (χ1v) is 3.36. The Labute approximate surface area is 78.5 Å². The second kappa shape index (κ2) is 4.10. The maximum absolute atomic E-state index is 12.2. The van der Waals surface area contributed by atoms with Crippen LogP contribution in [0, 0.1) is 0 Å². The minimum Gasteiger partial charge on any atom is -0.280 e. The minimum atomic E-state index is -5.08. The largest absolute Gasteiger partial charge is 0.364 e. The van der Waals surface area contributed by atoms with Gasteiger partial charge in [-0.15, -0.1) is 0 Å². The van der Waals surface area contributed by atoms with Crippen molar-refractivity contribution in [3.05, 3.63) is 0 Å². The van der Waals surface area contributed by atoms with E-state index in [4.69, 9.17) is 0 Å². The fraction of sp³-hybridized carbons (Fsp3) is 1.00. The van der Waals surface area contributed by atoms with Crippen LogP contribution in [0.15, 0.2) is 0 Å². The molecule has 0 spiro atoms. The molecule has 0 atom stereocenters. The number of hydrogen-bond acceptors (Lipinski definition) is 1. The Morgan fingerprint density at radius 3 is 1.62 bits per heavy atom. The van der Waals surface area contributed by atoms with E-state index >= 15 is 0 Å². The third-order valence-corrected chi connectivity index (χ3v) is 1.58. The summed E-state index contributed by atoms with van der Waals surface area (Å²) in [6, 6.07) is 0. The zero-order valence-corrected chi connectivity index (χ0v) is 7.10. The van der Waals surface area contributed by atoms with Crippen molar-refractivity contribution in [3.8, 4) is 0 Å². The molecule has 0 N–H and O–H groups in total. The monoisotopic (exact) mass is 250 g/mol. The van der Waals surface area contributed by atoms with Crippen LogP contribution in [0.5, 0.6) is 0 Å². The van der Waals surface area contributed by atoms with Gasteiger partial charge in [-0.25, -0.2) is 8.78 Å². The highest BCUT2D eigenvalue weighted by molar-refractivity contribution is 6.48. The molecule has 0 aromatic rings. The molecule has 0 unspecified atom stereocenters. The molecule has 0 saturated carbocycles. The third-order valence-electron chi connectivity index (χ3n) is 0.899. The van der Waals surface area contributed by atoms with E-state index < -0.39 is 23.5 Å². The standard InChI is InChI=1S/C4H2Cl2F6O/c5-4(6,13-2(9)10)3(11,12)1(7)8/h1-2H. The lowest BCUT2D eigenvalue weighted by Gasteiger charge is -2.27. The lowest BCUT2D eigenvalue weighted by Crippen LogP contribution is -2.47. The topological polar surface area (TPSA) is 9.23 Å². The van der Waals surface area contributed by atoms with Crippen LogP contribution in [-0.4, -0.2) is 23.5 Å². The van der Waals surface area contributed by atoms with Crippen molar-refractivity contribution in [2.24, 2.45) is 0 Å². The van der Waals surface area contributed by atoms with E-state index in [1.165, 1.54) is 0 Å². The van der Waals surface area contributed by atoms with Crippen LogP contribution in [0.4, 0.5) is 26.3 Å². The van der Waals surface area contributed by atoms with E-state index in [1.54, 1.807) is 0 Å². The van der Waals surface area contributed by atoms with Gasteiger partial charge >= 0.3 is 19.0 Å². The molecule has 0 aromatic heterocycles. The first-order chi connectivity index (χ1) is 5.61. The Kier molecular flexibility index (Phi) is 4.14. The van der Waals surface area contributed by atoms with Gasteiger partial charge in [-0.05, 0) is 0 Å². The second-order valence-corrected chi connectivity index (χ2v) is 3.08. The quantitative estimate of drug-likeness (QED) is 0.550. The van der Waals surface area contributed by atoms with E-state index in [1.807, 2.05) is 0 Å². The van der Waals surface area contributed by atoms with Gasteiger partial charge < -0.3 is 0 Å². The van der Waals surface area contributed by atoms with Gasteiger partial charge in [0.25, 0.3) is 4.52 Å². The molecule has 0 fully saturated rings. The summed E-state index contributed by atoms with van der Waals surface area (Å²) in [6.07, 6.45) is -4.30. The molecule has 0 amide bonds. The molecule has 80 valence electrons. The van der Waals surface area contributed by atoms with Crippen LogP contribution < -0.4 is 0 Å². The van der Waals surface area contributed by atoms with E-state index in [2.05, 4.69) is 27.9 Å². The number of halogens is 8. The van der Waals surface area contributed by atoms with Crippen LogP contribution >= 0.6 is 23.2 Å². The zero-order chi connectivity index (χ0) is 10.9. The van der Waals surface area contributed by atoms with Gasteiger partial charge in [-0.2, -0.15) is 17.6 Å². The Balaban J connectivity index is 4.60. The van der Waals surface area contributed by atoms with Gasteiger partial charge in [0.15, 0.2) is 0 Å². The van der Waals surface area contributed by atoms with E-state index in [0.717, 1.165) is 0 Å². The van der Waals surface area contributed by atoms with Crippen LogP contribution in [0.2, 0.25) is 0 Å². The van der Waals surface area contributed by atoms with Gasteiger partial charge in [-0.1, -0.05) is 23.2 Å². The first-order valence-electron chi connectivity index (χ1n) is 2.61. The van der Waals surface area contributed by atoms with E-state index in [0.29, 0.717) is 0 Å². The summed E-state index contributed by atoms with van der Waals surface area (Å²) in [4.78, 5) is 0. The van der Waals surface area contributed by atoms with E-state index in [9.17, 15) is 26.3 Å². The van der Waals surface area contributed by atoms with Gasteiger partial charge in [-0.3, -0.25) is 4.74 Å². The van der Waals surface area contributed by atoms with Crippen molar-refractivity contribution >= 4 is 23.2 Å². The predicted molar refractivity (Wildman–Crippen MR) is 32.5 cm³/mol. The maximum Gasteiger partial charge on any atom is 0.364 e. The molecule has 0 rings (SSSR count). The smallest absolute Gasteiger partial charge is 0.280 e. The highest BCUT2D eigenvalue weighted by Gasteiger charge is 2.61. The average molecular weight is 251 g/mol. The highest BCUT2D eigenvalue weighted by Crippen LogP contribution is 2.44. The second-order valence-electron chi connectivity index (χ2n) is 1.82. The number of alkyl halides is 8. The van der Waals surface area contributed by atoms with Crippen LogP contribution in [-0.2, 0) is 4.74 Å². The molecule has 9 heteroatoms. The average Bonchev–Trinajstić information content (AvgIpc) is 1.83. The van der Waals surface area contributed by atoms with Crippen molar-refractivity contribution in [2.75, 3.05) is 0 Å². The Bertz CT molecular complexity index is 172. The number of ether oxygens (including phenoxy) is 1. The fourth-order valence-electron chi connectivity index (χ4n) is 0.317. The molecule has 0 saturated heterocycles. The summed E-state index contributed by atoms with van der Waals surface area (Å²) in [5.41, 5.74) is 0. The van der Waals surface area contributed by atoms with Crippen LogP contribution in [0.1, 0.15) is 0 Å². The molecule has 0 aliphatic rings. The summed E-state index contributed by atoms with van der Waals surface area (Å²) < 4.78 is 69.1. The Hall–Kier alpha value is 0.120. The molecule has 0 aliphatic carbocycles. The molecular formula is C4H2Cl2F6O. The van der Waals surface area contributed by atoms with Crippen molar-refractivity contribution in [1.29, 1.82) is 0 Å². The van der Waals surface area contributed by atoms with Crippen molar-refractivity contribution in [2.45, 2.75) is 23.5 Å². The summed E-state index contributed by atoms with van der Waals surface area (Å²) in [7, 11) is 0. The van der Waals surface area contributed by atoms with Crippen LogP contribution in [0.25, 0.3) is 0 Å². The number of hydrogen-bond donors (Lipinski definition) is 0. The number of rotatable bonds is 4. The zero-order valence-electron chi connectivity index (χ0n) is 5.59. The SMILES string of the molecule is FC(F)OC(Cl)(Cl)C(F)(F)C(F)F. The summed E-state index contributed by atoms with van der Waals surface area (Å²) in [5, 5.41) is 0. The molecule has 13 heavy (non-hydrogen) atoms. The molecule has 0 bridgehead atoms. The lowest BCUT2D eigenvalue weighted by molar-refractivity contribution is -0.251. The molecular weight excluding hydrogens is 249 g/mol. The normalized spacial score (nSPS) is 14.3. The third kappa shape index (κ3) is 3.07. The molecule has 0 heterocycles. The molecule has 0 radical (unpaired) electrons. The highest BCUT2D eigenvalue weighted by atomic mass is 35.5. The van der Waals surface area contributed by atoms with E-state index in [-0.39, 0.29) is 0 Å². The van der Waals surface area contributed by atoms with Crippen molar-refractivity contribution in [3.63, 3.8) is 0 Å². The van der Waals surface area contributed by atoms with Gasteiger partial charge in [0.1, 0.15) is 0 Å². The van der Waals surface area contributed by atoms with Crippen molar-refractivity contribution < 1.29 is 31.1 Å². The first kappa shape index (κ1) is 13.1. The summed E-state index contributed by atoms with van der Waals surface area (Å²) in [6.45, 7) is -3.78. The molecule has 0 aliphatic heterocycles. The van der Waals surface area contributed by atoms with Crippen molar-refractivity contribution in [1.82, 2.24) is 0 Å². The summed E-state index contributed by atoms with van der Waals surface area (Å²) in [5.74, 6) is -5.08. The minimum absolute atomic E-state index is 2.93. The van der Waals surface area contributed by atoms with Gasteiger partial charge in [0.05, 0.1) is 0 Å². The predicted octanol–water partition coefficient (Wildman–Crippen LogP) is 3.26. The Morgan fingerprint density at radius 1 is 1.00 bits per heavy atom. The van der Waals surface area contributed by atoms with Gasteiger partial charge in [0, 0.05) is 0 Å². The maximum atomic E-state index is 12.2. The summed E-state index contributed by atoms with van der Waals surface area (Å²) >= 11 is 8.90. The molecule has 0 aromatic carbocycles. The van der Waals surface area contributed by atoms with Gasteiger partial charge in [0.2, 0.25) is 0 Å². The Morgan fingerprint density at radius 2 is 1.38 bits per heavy atom.